The quantitative estimate of drug-likeness (QED) is 0.670. The van der Waals surface area contributed by atoms with Crippen LogP contribution in [0.4, 0.5) is 0 Å². The molecule has 0 unspecified atom stereocenters. The summed E-state index contributed by atoms with van der Waals surface area (Å²) in [5.41, 5.74) is 1.58. The summed E-state index contributed by atoms with van der Waals surface area (Å²) < 4.78 is 38.2. The minimum Gasteiger partial charge on any atom is -0.493 e. The summed E-state index contributed by atoms with van der Waals surface area (Å²) in [6.45, 7) is 0.137. The molecule has 1 aromatic carbocycles. The van der Waals surface area contributed by atoms with E-state index in [1.165, 1.54) is 26.4 Å². The second-order valence-electron chi connectivity index (χ2n) is 5.33. The van der Waals surface area contributed by atoms with E-state index in [-0.39, 0.29) is 11.4 Å². The van der Waals surface area contributed by atoms with Crippen LogP contribution in [-0.4, -0.2) is 27.6 Å². The van der Waals surface area contributed by atoms with Gasteiger partial charge in [-0.3, -0.25) is 4.98 Å². The Bertz CT molecular complexity index is 986. The van der Waals surface area contributed by atoms with E-state index in [0.29, 0.717) is 11.5 Å². The number of aromatic nitrogens is 1. The van der Waals surface area contributed by atoms with Crippen LogP contribution in [0.15, 0.2) is 58.9 Å². The normalized spacial score (nSPS) is 11.3. The average molecular weight is 390 g/mol. The first-order valence-corrected chi connectivity index (χ1v) is 10.1. The fourth-order valence-electron chi connectivity index (χ4n) is 2.46. The van der Waals surface area contributed by atoms with Gasteiger partial charge in [0.05, 0.1) is 29.7 Å². The molecule has 6 nitrogen and oxygen atoms in total. The lowest BCUT2D eigenvalue weighted by atomic mass is 10.2. The van der Waals surface area contributed by atoms with Gasteiger partial charge in [0.1, 0.15) is 0 Å². The molecule has 3 rings (SSSR count). The van der Waals surface area contributed by atoms with E-state index in [0.717, 1.165) is 16.1 Å². The van der Waals surface area contributed by atoms with Gasteiger partial charge in [0.25, 0.3) is 0 Å². The molecule has 0 saturated carbocycles. The van der Waals surface area contributed by atoms with Crippen LogP contribution in [0.25, 0.3) is 10.6 Å². The summed E-state index contributed by atoms with van der Waals surface area (Å²) in [6, 6.07) is 12.0. The molecule has 0 aliphatic rings. The highest BCUT2D eigenvalue weighted by Crippen LogP contribution is 2.30. The molecule has 2 heterocycles. The predicted molar refractivity (Wildman–Crippen MR) is 101 cm³/mol. The van der Waals surface area contributed by atoms with E-state index in [1.807, 2.05) is 23.6 Å². The zero-order valence-corrected chi connectivity index (χ0v) is 15.9. The van der Waals surface area contributed by atoms with E-state index in [2.05, 4.69) is 9.71 Å². The minimum absolute atomic E-state index is 0.108. The maximum Gasteiger partial charge on any atom is 0.241 e. The molecule has 1 N–H and O–H groups in total. The van der Waals surface area contributed by atoms with Crippen molar-refractivity contribution in [1.82, 2.24) is 9.71 Å². The largest absolute Gasteiger partial charge is 0.493 e. The number of sulfonamides is 1. The van der Waals surface area contributed by atoms with Crippen molar-refractivity contribution in [3.63, 3.8) is 0 Å². The van der Waals surface area contributed by atoms with E-state index < -0.39 is 10.0 Å². The summed E-state index contributed by atoms with van der Waals surface area (Å²) in [6.07, 6.45) is 1.70. The van der Waals surface area contributed by atoms with Gasteiger partial charge in [0.15, 0.2) is 11.5 Å². The van der Waals surface area contributed by atoms with Crippen molar-refractivity contribution in [2.24, 2.45) is 0 Å². The molecule has 26 heavy (non-hydrogen) atoms. The number of ether oxygens (including phenoxy) is 2. The van der Waals surface area contributed by atoms with Crippen LogP contribution in [0.5, 0.6) is 11.5 Å². The van der Waals surface area contributed by atoms with Crippen LogP contribution >= 0.6 is 11.3 Å². The molecule has 0 spiro atoms. The van der Waals surface area contributed by atoms with Crippen molar-refractivity contribution in [3.05, 3.63) is 59.6 Å². The van der Waals surface area contributed by atoms with Gasteiger partial charge in [-0.05, 0) is 35.2 Å². The van der Waals surface area contributed by atoms with Crippen LogP contribution in [0.3, 0.4) is 0 Å². The number of pyridine rings is 1. The molecule has 0 aliphatic carbocycles. The van der Waals surface area contributed by atoms with E-state index in [9.17, 15) is 8.42 Å². The molecular formula is C18H18N2O4S2. The monoisotopic (exact) mass is 390 g/mol. The molecule has 0 radical (unpaired) electrons. The number of methoxy groups -OCH3 is 2. The van der Waals surface area contributed by atoms with Gasteiger partial charge >= 0.3 is 0 Å². The van der Waals surface area contributed by atoms with Gasteiger partial charge in [-0.25, -0.2) is 13.1 Å². The molecule has 0 saturated heterocycles. The van der Waals surface area contributed by atoms with Crippen LogP contribution in [-0.2, 0) is 16.6 Å². The Morgan fingerprint density at radius 3 is 2.58 bits per heavy atom. The molecular weight excluding hydrogens is 372 g/mol. The highest BCUT2D eigenvalue weighted by atomic mass is 32.2. The highest BCUT2D eigenvalue weighted by Gasteiger charge is 2.18. The van der Waals surface area contributed by atoms with Crippen LogP contribution in [0, 0.1) is 0 Å². The Morgan fingerprint density at radius 2 is 1.88 bits per heavy atom. The summed E-state index contributed by atoms with van der Waals surface area (Å²) >= 11 is 1.56. The number of nitrogens with one attached hydrogen (secondary N) is 1. The topological polar surface area (TPSA) is 77.5 Å². The lowest BCUT2D eigenvalue weighted by Gasteiger charge is -2.12. The fourth-order valence-corrected chi connectivity index (χ4v) is 4.23. The highest BCUT2D eigenvalue weighted by molar-refractivity contribution is 7.89. The fraction of sp³-hybridized carbons (Fsp3) is 0.167. The second-order valence-corrected chi connectivity index (χ2v) is 8.04. The number of nitrogens with zero attached hydrogens (tertiary/aromatic N) is 1. The van der Waals surface area contributed by atoms with Gasteiger partial charge in [0, 0.05) is 18.8 Å². The lowest BCUT2D eigenvalue weighted by Crippen LogP contribution is -2.23. The van der Waals surface area contributed by atoms with E-state index >= 15 is 0 Å². The Hall–Kier alpha value is -2.42. The molecule has 3 aromatic rings. The van der Waals surface area contributed by atoms with Gasteiger partial charge in [-0.2, -0.15) is 0 Å². The molecule has 0 fully saturated rings. The van der Waals surface area contributed by atoms with Gasteiger partial charge in [-0.15, -0.1) is 11.3 Å². The third kappa shape index (κ3) is 3.87. The Balaban J connectivity index is 1.84. The third-order valence-electron chi connectivity index (χ3n) is 3.76. The number of hydrogen-bond acceptors (Lipinski definition) is 6. The zero-order valence-electron chi connectivity index (χ0n) is 14.3. The Labute approximate surface area is 156 Å². The standard InChI is InChI=1S/C18H18N2O4S2/c1-23-15-8-7-14(11-16(15)24-2)26(21,22)20-12-13-5-3-9-19-18(13)17-6-4-10-25-17/h3-11,20H,12H2,1-2H3. The number of benzene rings is 1. The molecule has 0 bridgehead atoms. The first-order valence-electron chi connectivity index (χ1n) is 7.74. The number of rotatable bonds is 7. The van der Waals surface area contributed by atoms with Gasteiger partial charge in [0.2, 0.25) is 10.0 Å². The SMILES string of the molecule is COc1ccc(S(=O)(=O)NCc2cccnc2-c2cccs2)cc1OC. The maximum atomic E-state index is 12.6. The van der Waals surface area contributed by atoms with Crippen molar-refractivity contribution in [2.45, 2.75) is 11.4 Å². The predicted octanol–water partition coefficient (Wildman–Crippen LogP) is 3.31. The van der Waals surface area contributed by atoms with Gasteiger partial charge < -0.3 is 9.47 Å². The van der Waals surface area contributed by atoms with E-state index in [1.54, 1.807) is 29.7 Å². The Morgan fingerprint density at radius 1 is 1.08 bits per heavy atom. The number of hydrogen-bond donors (Lipinski definition) is 1. The van der Waals surface area contributed by atoms with Crippen LogP contribution < -0.4 is 14.2 Å². The van der Waals surface area contributed by atoms with Crippen molar-refractivity contribution in [3.8, 4) is 22.1 Å². The van der Waals surface area contributed by atoms with Crippen molar-refractivity contribution in [1.29, 1.82) is 0 Å². The first kappa shape index (κ1) is 18.4. The third-order valence-corrected chi connectivity index (χ3v) is 6.04. The van der Waals surface area contributed by atoms with Crippen LogP contribution in [0.1, 0.15) is 5.56 Å². The zero-order chi connectivity index (χ0) is 18.6. The maximum absolute atomic E-state index is 12.6. The first-order chi connectivity index (χ1) is 12.5. The van der Waals surface area contributed by atoms with Crippen molar-refractivity contribution < 1.29 is 17.9 Å². The van der Waals surface area contributed by atoms with Crippen molar-refractivity contribution >= 4 is 21.4 Å². The minimum atomic E-state index is -3.71. The van der Waals surface area contributed by atoms with E-state index in [4.69, 9.17) is 9.47 Å². The molecule has 8 heteroatoms. The molecule has 0 amide bonds. The molecule has 136 valence electrons. The smallest absolute Gasteiger partial charge is 0.241 e. The summed E-state index contributed by atoms with van der Waals surface area (Å²) in [4.78, 5) is 5.48. The summed E-state index contributed by atoms with van der Waals surface area (Å²) in [5, 5.41) is 1.96. The number of thiophene rings is 1. The molecule has 0 aliphatic heterocycles. The van der Waals surface area contributed by atoms with Crippen molar-refractivity contribution in [2.75, 3.05) is 14.2 Å². The van der Waals surface area contributed by atoms with Crippen LogP contribution in [0.2, 0.25) is 0 Å². The molecule has 2 aromatic heterocycles. The Kier molecular flexibility index (Phi) is 5.55. The summed E-state index contributed by atoms with van der Waals surface area (Å²) in [7, 11) is -0.750. The molecule has 0 atom stereocenters. The van der Waals surface area contributed by atoms with Gasteiger partial charge in [-0.1, -0.05) is 12.1 Å². The summed E-state index contributed by atoms with van der Waals surface area (Å²) in [5.74, 6) is 0.828. The lowest BCUT2D eigenvalue weighted by molar-refractivity contribution is 0.354. The second kappa shape index (κ2) is 7.86. The average Bonchev–Trinajstić information content (AvgIpc) is 3.20.